The summed E-state index contributed by atoms with van der Waals surface area (Å²) in [5, 5.41) is 22.8. The molecule has 2 heterocycles. The molecule has 41 heavy (non-hydrogen) atoms. The number of thioether (sulfide) groups is 1. The molecule has 0 bridgehead atoms. The second-order valence-electron chi connectivity index (χ2n) is 9.82. The standard InChI is InChI=1S/C32H24BrN3O3S2/c1-18-10-11-19(2)25(16-18)28(37)26-27(21-12-14-23(33)15-13-21)36(30(39)29(26)38)31-34-35-32(41-31)40-17-22-8-5-7-20-6-3-4-9-24(20)22/h3-16,27,37H,17H2,1-2H3. The highest BCUT2D eigenvalue weighted by atomic mass is 79.9. The first-order chi connectivity index (χ1) is 19.8. The van der Waals surface area contributed by atoms with Crippen molar-refractivity contribution in [2.45, 2.75) is 30.0 Å². The Morgan fingerprint density at radius 2 is 1.73 bits per heavy atom. The number of halogens is 1. The van der Waals surface area contributed by atoms with Gasteiger partial charge in [0.15, 0.2) is 4.34 Å². The number of fused-ring (bicyclic) bond motifs is 1. The Morgan fingerprint density at radius 1 is 0.976 bits per heavy atom. The molecule has 1 amide bonds. The number of aliphatic hydroxyl groups excluding tert-OH is 1. The van der Waals surface area contributed by atoms with Gasteiger partial charge in [0.2, 0.25) is 5.13 Å². The van der Waals surface area contributed by atoms with Gasteiger partial charge in [0.1, 0.15) is 5.76 Å². The van der Waals surface area contributed by atoms with E-state index in [1.54, 1.807) is 0 Å². The van der Waals surface area contributed by atoms with Crippen LogP contribution < -0.4 is 4.90 Å². The van der Waals surface area contributed by atoms with Crippen molar-refractivity contribution >= 4 is 72.4 Å². The molecule has 1 atom stereocenters. The van der Waals surface area contributed by atoms with Crippen LogP contribution in [0.1, 0.15) is 33.9 Å². The minimum atomic E-state index is -0.855. The first kappa shape index (κ1) is 27.4. The fraction of sp³-hybridized carbons (Fsp3) is 0.125. The highest BCUT2D eigenvalue weighted by Gasteiger charge is 2.48. The quantitative estimate of drug-likeness (QED) is 0.0665. The Morgan fingerprint density at radius 3 is 2.54 bits per heavy atom. The molecule has 4 aromatic carbocycles. The van der Waals surface area contributed by atoms with E-state index in [1.165, 1.54) is 44.3 Å². The van der Waals surface area contributed by atoms with Crippen molar-refractivity contribution in [3.05, 3.63) is 123 Å². The fourth-order valence-electron chi connectivity index (χ4n) is 5.04. The summed E-state index contributed by atoms with van der Waals surface area (Å²) in [6.07, 6.45) is 0. The molecule has 1 N–H and O–H groups in total. The number of nitrogens with zero attached hydrogens (tertiary/aromatic N) is 3. The molecule has 1 aliphatic heterocycles. The molecule has 5 aromatic rings. The molecule has 9 heteroatoms. The molecule has 1 fully saturated rings. The number of amides is 1. The zero-order valence-corrected chi connectivity index (χ0v) is 25.4. The lowest BCUT2D eigenvalue weighted by Gasteiger charge is -2.22. The molecule has 0 saturated carbocycles. The van der Waals surface area contributed by atoms with Crippen LogP contribution >= 0.6 is 39.0 Å². The highest BCUT2D eigenvalue weighted by Crippen LogP contribution is 2.44. The fourth-order valence-corrected chi connectivity index (χ4v) is 7.18. The molecule has 1 saturated heterocycles. The second-order valence-corrected chi connectivity index (χ2v) is 12.9. The summed E-state index contributed by atoms with van der Waals surface area (Å²) in [6.45, 7) is 3.78. The molecule has 1 aliphatic rings. The van der Waals surface area contributed by atoms with E-state index in [2.05, 4.69) is 50.4 Å². The Hall–Kier alpha value is -3.79. The monoisotopic (exact) mass is 641 g/mol. The molecular formula is C32H24BrN3O3S2. The Balaban J connectivity index is 1.38. The predicted octanol–water partition coefficient (Wildman–Crippen LogP) is 7.99. The van der Waals surface area contributed by atoms with E-state index in [9.17, 15) is 14.7 Å². The number of Topliss-reactive ketones (excluding diaryl/α,β-unsaturated/α-hetero) is 1. The Labute approximate surface area is 253 Å². The lowest BCUT2D eigenvalue weighted by molar-refractivity contribution is -0.132. The molecule has 6 rings (SSSR count). The lowest BCUT2D eigenvalue weighted by Crippen LogP contribution is -2.29. The van der Waals surface area contributed by atoms with Crippen LogP contribution in [0.5, 0.6) is 0 Å². The smallest absolute Gasteiger partial charge is 0.301 e. The summed E-state index contributed by atoms with van der Waals surface area (Å²) in [4.78, 5) is 28.4. The number of rotatable bonds is 6. The van der Waals surface area contributed by atoms with Crippen molar-refractivity contribution < 1.29 is 14.7 Å². The normalized spacial score (nSPS) is 16.6. The highest BCUT2D eigenvalue weighted by molar-refractivity contribution is 9.10. The van der Waals surface area contributed by atoms with Crippen LogP contribution in [-0.2, 0) is 15.3 Å². The largest absolute Gasteiger partial charge is 0.507 e. The number of hydrogen-bond donors (Lipinski definition) is 1. The van der Waals surface area contributed by atoms with Gasteiger partial charge < -0.3 is 5.11 Å². The second kappa shape index (κ2) is 11.2. The summed E-state index contributed by atoms with van der Waals surface area (Å²) < 4.78 is 1.54. The summed E-state index contributed by atoms with van der Waals surface area (Å²) in [7, 11) is 0. The Bertz CT molecular complexity index is 1840. The molecule has 1 unspecified atom stereocenters. The van der Waals surface area contributed by atoms with Gasteiger partial charge in [-0.05, 0) is 59.5 Å². The number of ketones is 1. The van der Waals surface area contributed by atoms with E-state index < -0.39 is 17.7 Å². The van der Waals surface area contributed by atoms with Gasteiger partial charge in [0.25, 0.3) is 5.78 Å². The first-order valence-electron chi connectivity index (χ1n) is 12.9. The van der Waals surface area contributed by atoms with Crippen LogP contribution in [0.15, 0.2) is 99.3 Å². The van der Waals surface area contributed by atoms with Crippen LogP contribution in [0.3, 0.4) is 0 Å². The van der Waals surface area contributed by atoms with Crippen molar-refractivity contribution in [3.63, 3.8) is 0 Å². The summed E-state index contributed by atoms with van der Waals surface area (Å²) >= 11 is 6.25. The third-order valence-electron chi connectivity index (χ3n) is 7.11. The SMILES string of the molecule is Cc1ccc(C)c(C(O)=C2C(=O)C(=O)N(c3nnc(SCc4cccc5ccccc45)s3)C2c2ccc(Br)cc2)c1. The van der Waals surface area contributed by atoms with Crippen molar-refractivity contribution in [3.8, 4) is 0 Å². The van der Waals surface area contributed by atoms with Crippen LogP contribution in [0.25, 0.3) is 16.5 Å². The molecule has 0 spiro atoms. The number of aryl methyl sites for hydroxylation is 2. The minimum absolute atomic E-state index is 0.0335. The molecule has 0 aliphatic carbocycles. The van der Waals surface area contributed by atoms with E-state index in [0.29, 0.717) is 26.4 Å². The maximum atomic E-state index is 13.5. The summed E-state index contributed by atoms with van der Waals surface area (Å²) in [5.74, 6) is -1.02. The van der Waals surface area contributed by atoms with E-state index in [0.717, 1.165) is 15.6 Å². The van der Waals surface area contributed by atoms with Crippen molar-refractivity contribution in [2.75, 3.05) is 4.90 Å². The third kappa shape index (κ3) is 5.21. The van der Waals surface area contributed by atoms with Gasteiger partial charge in [-0.2, -0.15) is 0 Å². The first-order valence-corrected chi connectivity index (χ1v) is 15.5. The van der Waals surface area contributed by atoms with Crippen LogP contribution in [0.2, 0.25) is 0 Å². The van der Waals surface area contributed by atoms with Crippen molar-refractivity contribution in [1.82, 2.24) is 10.2 Å². The minimum Gasteiger partial charge on any atom is -0.507 e. The van der Waals surface area contributed by atoms with E-state index in [-0.39, 0.29) is 11.3 Å². The number of carbonyl (C=O) groups is 2. The van der Waals surface area contributed by atoms with E-state index >= 15 is 0 Å². The van der Waals surface area contributed by atoms with Crippen LogP contribution in [0, 0.1) is 13.8 Å². The van der Waals surface area contributed by atoms with Crippen LogP contribution in [-0.4, -0.2) is 27.0 Å². The van der Waals surface area contributed by atoms with E-state index in [4.69, 9.17) is 0 Å². The van der Waals surface area contributed by atoms with Gasteiger partial charge in [-0.25, -0.2) is 0 Å². The molecule has 204 valence electrons. The van der Waals surface area contributed by atoms with Crippen molar-refractivity contribution in [1.29, 1.82) is 0 Å². The number of anilines is 1. The predicted molar refractivity (Wildman–Crippen MR) is 168 cm³/mol. The number of carbonyl (C=O) groups excluding carboxylic acids is 2. The molecule has 0 radical (unpaired) electrons. The van der Waals surface area contributed by atoms with E-state index in [1.807, 2.05) is 74.5 Å². The zero-order chi connectivity index (χ0) is 28.7. The zero-order valence-electron chi connectivity index (χ0n) is 22.2. The number of aromatic nitrogens is 2. The van der Waals surface area contributed by atoms with Crippen LogP contribution in [0.4, 0.5) is 5.13 Å². The average molecular weight is 643 g/mol. The lowest BCUT2D eigenvalue weighted by atomic mass is 9.93. The Kier molecular flexibility index (Phi) is 7.50. The molecule has 6 nitrogen and oxygen atoms in total. The van der Waals surface area contributed by atoms with Gasteiger partial charge >= 0.3 is 5.91 Å². The third-order valence-corrected chi connectivity index (χ3v) is 9.74. The van der Waals surface area contributed by atoms with Gasteiger partial charge in [-0.3, -0.25) is 14.5 Å². The molecule has 1 aromatic heterocycles. The number of aliphatic hydroxyl groups is 1. The van der Waals surface area contributed by atoms with Gasteiger partial charge in [0.05, 0.1) is 11.6 Å². The number of benzene rings is 4. The van der Waals surface area contributed by atoms with Gasteiger partial charge in [-0.1, -0.05) is 111 Å². The maximum absolute atomic E-state index is 13.5. The summed E-state index contributed by atoms with van der Waals surface area (Å²) in [6, 6.07) is 26.6. The maximum Gasteiger partial charge on any atom is 0.301 e. The van der Waals surface area contributed by atoms with Gasteiger partial charge in [0, 0.05) is 15.8 Å². The summed E-state index contributed by atoms with van der Waals surface area (Å²) in [5.41, 5.74) is 4.15. The topological polar surface area (TPSA) is 83.4 Å². The number of hydrogen-bond acceptors (Lipinski definition) is 7. The van der Waals surface area contributed by atoms with Gasteiger partial charge in [-0.15, -0.1) is 10.2 Å². The van der Waals surface area contributed by atoms with Crippen molar-refractivity contribution in [2.24, 2.45) is 0 Å². The molecular weight excluding hydrogens is 618 g/mol. The average Bonchev–Trinajstić information content (AvgIpc) is 3.55.